The third-order valence-corrected chi connectivity index (χ3v) is 5.24. The van der Waals surface area contributed by atoms with Crippen molar-refractivity contribution in [3.63, 3.8) is 0 Å². The van der Waals surface area contributed by atoms with E-state index >= 15 is 0 Å². The van der Waals surface area contributed by atoms with Gasteiger partial charge in [-0.25, -0.2) is 13.6 Å². The topological polar surface area (TPSA) is 84.6 Å². The molecule has 4 rings (SSSR count). The Labute approximate surface area is 171 Å². The maximum Gasteiger partial charge on any atom is 0.410 e. The molecule has 10 heteroatoms. The number of halogens is 2. The molecule has 1 saturated heterocycles. The summed E-state index contributed by atoms with van der Waals surface area (Å²) >= 11 is 0. The van der Waals surface area contributed by atoms with Crippen LogP contribution < -0.4 is 5.32 Å². The summed E-state index contributed by atoms with van der Waals surface area (Å²) in [5, 5.41) is 10.7. The molecule has 0 radical (unpaired) electrons. The van der Waals surface area contributed by atoms with E-state index in [0.717, 1.165) is 16.0 Å². The number of alkyl halides is 2. The number of aromatic nitrogens is 4. The van der Waals surface area contributed by atoms with Crippen LogP contribution in [0.3, 0.4) is 0 Å². The maximum atomic E-state index is 14.7. The van der Waals surface area contributed by atoms with Crippen LogP contribution in [0.2, 0.25) is 0 Å². The molecular weight excluding hydrogens is 394 g/mol. The van der Waals surface area contributed by atoms with Gasteiger partial charge in [0.1, 0.15) is 18.8 Å². The second kappa shape index (κ2) is 8.21. The predicted octanol–water partition coefficient (Wildman–Crippen LogP) is 3.14. The highest BCUT2D eigenvalue weighted by molar-refractivity contribution is 5.68. The van der Waals surface area contributed by atoms with E-state index in [4.69, 9.17) is 4.74 Å². The van der Waals surface area contributed by atoms with Crippen molar-refractivity contribution < 1.29 is 18.3 Å². The van der Waals surface area contributed by atoms with Crippen LogP contribution in [-0.2, 0) is 11.3 Å². The van der Waals surface area contributed by atoms with E-state index < -0.39 is 24.5 Å². The third-order valence-electron chi connectivity index (χ3n) is 5.24. The van der Waals surface area contributed by atoms with Gasteiger partial charge in [-0.05, 0) is 18.9 Å². The van der Waals surface area contributed by atoms with E-state index in [1.165, 1.54) is 18.7 Å². The van der Waals surface area contributed by atoms with Crippen LogP contribution in [0.1, 0.15) is 17.5 Å². The molecule has 1 aliphatic heterocycles. The van der Waals surface area contributed by atoms with Crippen LogP contribution in [0, 0.1) is 12.8 Å². The number of rotatable bonds is 5. The van der Waals surface area contributed by atoms with Gasteiger partial charge in [0.25, 0.3) is 5.92 Å². The number of aryl methyl sites for hydroxylation is 1. The average Bonchev–Trinajstić information content (AvgIpc) is 3.21. The Morgan fingerprint density at radius 1 is 1.30 bits per heavy atom. The zero-order chi connectivity index (χ0) is 21.1. The van der Waals surface area contributed by atoms with E-state index in [2.05, 4.69) is 20.5 Å². The summed E-state index contributed by atoms with van der Waals surface area (Å²) in [5.74, 6) is -3.43. The molecule has 1 amide bonds. The molecule has 8 nitrogen and oxygen atoms in total. The van der Waals surface area contributed by atoms with Crippen LogP contribution >= 0.6 is 0 Å². The zero-order valence-electron chi connectivity index (χ0n) is 16.5. The van der Waals surface area contributed by atoms with Gasteiger partial charge in [-0.2, -0.15) is 0 Å². The number of fused-ring (bicyclic) bond motifs is 1. The Morgan fingerprint density at radius 3 is 2.87 bits per heavy atom. The van der Waals surface area contributed by atoms with Crippen LogP contribution in [-0.4, -0.2) is 56.1 Å². The molecule has 1 N–H and O–H groups in total. The number of likely N-dealkylation sites (tertiary alicyclic amines) is 1. The van der Waals surface area contributed by atoms with Crippen molar-refractivity contribution in [1.82, 2.24) is 24.5 Å². The Hall–Kier alpha value is -3.30. The van der Waals surface area contributed by atoms with Crippen molar-refractivity contribution in [2.45, 2.75) is 25.9 Å². The highest BCUT2D eigenvalue weighted by Crippen LogP contribution is 2.33. The molecule has 2 aromatic heterocycles. The first kappa shape index (κ1) is 20.0. The highest BCUT2D eigenvalue weighted by atomic mass is 19.3. The number of hydrogen-bond acceptors (Lipinski definition) is 6. The van der Waals surface area contributed by atoms with E-state index in [9.17, 15) is 13.6 Å². The summed E-state index contributed by atoms with van der Waals surface area (Å²) in [5.41, 5.74) is 2.44. The third kappa shape index (κ3) is 4.32. The lowest BCUT2D eigenvalue weighted by Crippen LogP contribution is -2.52. The predicted molar refractivity (Wildman–Crippen MR) is 105 cm³/mol. The summed E-state index contributed by atoms with van der Waals surface area (Å²) in [7, 11) is 0. The Bertz CT molecular complexity index is 1020. The monoisotopic (exact) mass is 416 g/mol. The van der Waals surface area contributed by atoms with Crippen molar-refractivity contribution in [3.8, 4) is 0 Å². The molecule has 3 heterocycles. The summed E-state index contributed by atoms with van der Waals surface area (Å²) in [6.07, 6.45) is 4.00. The number of carbonyl (C=O) groups excluding carboxylic acids is 1. The number of nitrogens with one attached hydrogen (secondary N) is 1. The smallest absolute Gasteiger partial charge is 0.410 e. The zero-order valence-corrected chi connectivity index (χ0v) is 16.5. The second-order valence-corrected chi connectivity index (χ2v) is 7.44. The summed E-state index contributed by atoms with van der Waals surface area (Å²) < 4.78 is 36.3. The summed E-state index contributed by atoms with van der Waals surface area (Å²) in [6.45, 7) is 1.60. The Morgan fingerprint density at radius 2 is 2.10 bits per heavy atom. The minimum atomic E-state index is -3.04. The van der Waals surface area contributed by atoms with Gasteiger partial charge in [-0.15, -0.1) is 10.2 Å². The van der Waals surface area contributed by atoms with E-state index in [0.29, 0.717) is 11.5 Å². The molecule has 0 bridgehead atoms. The van der Waals surface area contributed by atoms with E-state index in [-0.39, 0.29) is 26.1 Å². The number of ether oxygens (including phenoxy) is 1. The number of benzene rings is 1. The largest absolute Gasteiger partial charge is 0.445 e. The van der Waals surface area contributed by atoms with Gasteiger partial charge in [0.05, 0.1) is 18.9 Å². The first-order valence-corrected chi connectivity index (χ1v) is 9.65. The molecule has 0 unspecified atom stereocenters. The van der Waals surface area contributed by atoms with Crippen LogP contribution in [0.15, 0.2) is 43.0 Å². The van der Waals surface area contributed by atoms with Gasteiger partial charge in [-0.1, -0.05) is 29.8 Å². The number of amides is 1. The van der Waals surface area contributed by atoms with Crippen LogP contribution in [0.5, 0.6) is 0 Å². The molecule has 1 aromatic carbocycles. The van der Waals surface area contributed by atoms with E-state index in [1.807, 2.05) is 31.2 Å². The Balaban J connectivity index is 1.32. The number of carbonyl (C=O) groups is 1. The molecule has 1 fully saturated rings. The summed E-state index contributed by atoms with van der Waals surface area (Å²) in [4.78, 5) is 17.4. The van der Waals surface area contributed by atoms with Gasteiger partial charge < -0.3 is 15.0 Å². The van der Waals surface area contributed by atoms with Crippen molar-refractivity contribution in [3.05, 3.63) is 54.1 Å². The number of anilines is 1. The summed E-state index contributed by atoms with van der Waals surface area (Å²) in [6, 6.07) is 7.51. The minimum Gasteiger partial charge on any atom is -0.445 e. The lowest BCUT2D eigenvalue weighted by Gasteiger charge is -2.37. The lowest BCUT2D eigenvalue weighted by molar-refractivity contribution is -0.101. The van der Waals surface area contributed by atoms with E-state index in [1.54, 1.807) is 4.40 Å². The van der Waals surface area contributed by atoms with Crippen molar-refractivity contribution in [2.75, 3.05) is 25.0 Å². The van der Waals surface area contributed by atoms with Gasteiger partial charge in [0.2, 0.25) is 0 Å². The molecule has 3 aromatic rings. The fourth-order valence-corrected chi connectivity index (χ4v) is 3.43. The molecule has 30 heavy (non-hydrogen) atoms. The molecule has 0 spiro atoms. The van der Waals surface area contributed by atoms with Gasteiger partial charge in [-0.3, -0.25) is 9.38 Å². The average molecular weight is 416 g/mol. The van der Waals surface area contributed by atoms with Crippen LogP contribution in [0.4, 0.5) is 19.4 Å². The maximum absolute atomic E-state index is 14.7. The standard InChI is InChI=1S/C20H22F2N6O2/c1-14-2-4-15(5-3-14)11-30-19(29)27-7-6-16(20(21,22)12-27)8-24-17-9-23-10-18-26-25-13-28(17)18/h2-5,9-10,13,16,24H,6-8,11-12H2,1H3/t16-/m1/s1. The molecule has 1 aliphatic rings. The van der Waals surface area contributed by atoms with Crippen molar-refractivity contribution in [2.24, 2.45) is 5.92 Å². The highest BCUT2D eigenvalue weighted by Gasteiger charge is 2.46. The van der Waals surface area contributed by atoms with Crippen molar-refractivity contribution in [1.29, 1.82) is 0 Å². The molecular formula is C20H22F2N6O2. The molecule has 0 aliphatic carbocycles. The molecule has 0 saturated carbocycles. The lowest BCUT2D eigenvalue weighted by atomic mass is 9.93. The molecule has 1 atom stereocenters. The van der Waals surface area contributed by atoms with Gasteiger partial charge in [0, 0.05) is 19.0 Å². The number of hydrogen-bond donors (Lipinski definition) is 1. The second-order valence-electron chi connectivity index (χ2n) is 7.44. The van der Waals surface area contributed by atoms with Crippen molar-refractivity contribution >= 4 is 17.6 Å². The molecule has 158 valence electrons. The SMILES string of the molecule is Cc1ccc(COC(=O)N2CC[C@H](CNc3cncc4nncn34)C(F)(F)C2)cc1. The number of piperidine rings is 1. The fraction of sp³-hybridized carbons (Fsp3) is 0.400. The van der Waals surface area contributed by atoms with Gasteiger partial charge >= 0.3 is 6.09 Å². The quantitative estimate of drug-likeness (QED) is 0.688. The van der Waals surface area contributed by atoms with Gasteiger partial charge in [0.15, 0.2) is 5.65 Å². The van der Waals surface area contributed by atoms with Crippen LogP contribution in [0.25, 0.3) is 5.65 Å². The fourth-order valence-electron chi connectivity index (χ4n) is 3.43. The first-order valence-electron chi connectivity index (χ1n) is 9.65. The Kier molecular flexibility index (Phi) is 5.47. The minimum absolute atomic E-state index is 0.0399. The normalized spacial score (nSPS) is 18.4. The number of nitrogens with zero attached hydrogens (tertiary/aromatic N) is 5. The first-order chi connectivity index (χ1) is 14.4.